The molecule has 0 saturated heterocycles. The van der Waals surface area contributed by atoms with Crippen molar-refractivity contribution in [2.75, 3.05) is 0 Å². The van der Waals surface area contributed by atoms with E-state index in [2.05, 4.69) is 94.1 Å². The van der Waals surface area contributed by atoms with Crippen molar-refractivity contribution in [1.29, 1.82) is 0 Å². The first kappa shape index (κ1) is 52.2. The second kappa shape index (κ2) is 23.4. The fraction of sp³-hybridized carbons (Fsp3) is 0.227. The molecule has 0 fully saturated rings. The third-order valence-corrected chi connectivity index (χ3v) is 11.5. The first-order valence-electron chi connectivity index (χ1n) is 20.5. The lowest BCUT2D eigenvalue weighted by Crippen LogP contribution is -2.12. The Kier molecular flexibility index (Phi) is 17.7. The second-order valence-corrected chi connectivity index (χ2v) is 18.2. The summed E-state index contributed by atoms with van der Waals surface area (Å²) in [6.45, 7) is 8.91. The van der Waals surface area contributed by atoms with E-state index in [1.54, 1.807) is 41.5 Å². The summed E-state index contributed by atoms with van der Waals surface area (Å²) in [7, 11) is 0. The molecular weight excluding hydrogens is 1170 g/mol. The number of hydrogen-bond donors (Lipinski definition) is 1. The van der Waals surface area contributed by atoms with Gasteiger partial charge in [-0.3, -0.25) is 9.36 Å². The molecule has 0 aliphatic rings. The van der Waals surface area contributed by atoms with Crippen molar-refractivity contribution in [2.45, 2.75) is 65.8 Å². The minimum absolute atomic E-state index is 0.0315. The van der Waals surface area contributed by atoms with E-state index in [1.807, 2.05) is 53.9 Å². The van der Waals surface area contributed by atoms with Crippen molar-refractivity contribution in [2.24, 2.45) is 0 Å². The van der Waals surface area contributed by atoms with Crippen LogP contribution < -0.4 is 4.74 Å². The Morgan fingerprint density at radius 3 is 1.58 bits per heavy atom. The number of rotatable bonds is 14. The molecule has 8 aromatic rings. The highest BCUT2D eigenvalue weighted by atomic mass is 79.9. The van der Waals surface area contributed by atoms with Crippen LogP contribution in [0.2, 0.25) is 0 Å². The topological polar surface area (TPSA) is 213 Å². The average Bonchev–Trinajstić information content (AvgIpc) is 4.11. The van der Waals surface area contributed by atoms with Gasteiger partial charge in [0.15, 0.2) is 12.4 Å². The minimum Gasteiger partial charge on any atom is -0.478 e. The van der Waals surface area contributed by atoms with Gasteiger partial charge in [-0.1, -0.05) is 0 Å². The zero-order chi connectivity index (χ0) is 50.1. The summed E-state index contributed by atoms with van der Waals surface area (Å²) in [5.74, 6) is -3.00. The Balaban J connectivity index is 0.000000193. The molecule has 2 atom stereocenters. The van der Waals surface area contributed by atoms with E-state index in [-0.39, 0.29) is 11.6 Å². The summed E-state index contributed by atoms with van der Waals surface area (Å²) in [6.07, 6.45) is 9.70. The maximum Gasteiger partial charge on any atom is 0.406 e. The molecule has 2 aromatic carbocycles. The average molecular weight is 1210 g/mol. The lowest BCUT2D eigenvalue weighted by molar-refractivity contribution is -0.392. The van der Waals surface area contributed by atoms with Crippen molar-refractivity contribution >= 4 is 75.4 Å². The predicted molar refractivity (Wildman–Crippen MR) is 261 cm³/mol. The van der Waals surface area contributed by atoms with Crippen molar-refractivity contribution in [3.8, 4) is 17.1 Å². The first-order valence-corrected chi connectivity index (χ1v) is 23.7. The highest BCUT2D eigenvalue weighted by Gasteiger charge is 2.24. The lowest BCUT2D eigenvalue weighted by Gasteiger charge is -2.19. The van der Waals surface area contributed by atoms with Crippen molar-refractivity contribution in [3.05, 3.63) is 187 Å². The minimum atomic E-state index is -0.940. The van der Waals surface area contributed by atoms with Crippen LogP contribution in [0.5, 0.6) is 5.75 Å². The van der Waals surface area contributed by atoms with Gasteiger partial charge in [-0.25, -0.2) is 18.1 Å². The Labute approximate surface area is 425 Å². The molecule has 25 heteroatoms. The molecule has 0 spiro atoms. The number of halogens is 7. The van der Waals surface area contributed by atoms with Crippen molar-refractivity contribution < 1.29 is 32.9 Å². The Morgan fingerprint density at radius 2 is 1.13 bits per heavy atom. The molecule has 0 radical (unpaired) electrons. The zero-order valence-corrected chi connectivity index (χ0v) is 43.1. The van der Waals surface area contributed by atoms with E-state index in [9.17, 15) is 38.5 Å². The summed E-state index contributed by atoms with van der Waals surface area (Å²) < 4.78 is 55.6. The summed E-state index contributed by atoms with van der Waals surface area (Å²) >= 11 is 13.0. The molecule has 2 unspecified atom stereocenters. The summed E-state index contributed by atoms with van der Waals surface area (Å²) in [5, 5.41) is 49.0. The fourth-order valence-corrected chi connectivity index (χ4v) is 8.19. The number of nitrogens with zero attached hydrogens (tertiary/aromatic N) is 12. The standard InChI is InChI=1S/C22H19Br2FN6O3.C17H18BrFN4O.C5H2BrFN2O2/c1-3-29-12-14(10-27-29)6-17-9-21(24)28-30(17)19-5-4-16(25)8-18(19)13(2)34-20-7-15(23)11-26-22(20)31(32)33;1-3-22-10-12(9-20-22)6-14-8-17(18)21-23(14)16-5-4-13(19)7-15(16)11(2)24;6-3-1-4(7)5(8-2-3)9(10)11/h4-5,7-13H,3,6H2,1-2H3;4-5,7-11,24H,3,6H2,1-2H3;1-2H. The highest BCUT2D eigenvalue weighted by Crippen LogP contribution is 2.35. The molecule has 69 heavy (non-hydrogen) atoms. The van der Waals surface area contributed by atoms with E-state index < -0.39 is 45.3 Å². The van der Waals surface area contributed by atoms with Crippen LogP contribution in [-0.2, 0) is 25.9 Å². The lowest BCUT2D eigenvalue weighted by atomic mass is 10.1. The Hall–Kier alpha value is -6.15. The number of benzene rings is 2. The highest BCUT2D eigenvalue weighted by molar-refractivity contribution is 9.11. The van der Waals surface area contributed by atoms with E-state index in [1.165, 1.54) is 42.7 Å². The number of ether oxygens (including phenoxy) is 1. The number of aliphatic hydroxyl groups is 1. The number of hydrogen-bond acceptors (Lipinski definition) is 12. The molecule has 0 saturated carbocycles. The third kappa shape index (κ3) is 13.6. The quantitative estimate of drug-likeness (QED) is 0.0795. The Bertz CT molecular complexity index is 3110. The van der Waals surface area contributed by atoms with Gasteiger partial charge in [0.25, 0.3) is 0 Å². The fourth-order valence-electron chi connectivity index (χ4n) is 6.73. The van der Waals surface area contributed by atoms with Gasteiger partial charge in [-0.2, -0.15) is 24.8 Å². The molecule has 18 nitrogen and oxygen atoms in total. The molecule has 0 aliphatic carbocycles. The van der Waals surface area contributed by atoms with Crippen LogP contribution >= 0.6 is 63.7 Å². The van der Waals surface area contributed by atoms with Crippen LogP contribution in [-0.4, -0.2) is 64.0 Å². The summed E-state index contributed by atoms with van der Waals surface area (Å²) in [4.78, 5) is 27.0. The molecule has 0 amide bonds. The molecule has 6 heterocycles. The number of pyridine rings is 2. The molecule has 0 bridgehead atoms. The van der Waals surface area contributed by atoms with E-state index in [0.29, 0.717) is 53.5 Å². The van der Waals surface area contributed by atoms with E-state index in [4.69, 9.17) is 4.74 Å². The van der Waals surface area contributed by atoms with Crippen molar-refractivity contribution in [1.82, 2.24) is 49.1 Å². The normalized spacial score (nSPS) is 11.8. The van der Waals surface area contributed by atoms with Gasteiger partial charge in [0, 0.05) is 73.0 Å². The largest absolute Gasteiger partial charge is 0.478 e. The van der Waals surface area contributed by atoms with E-state index in [0.717, 1.165) is 41.7 Å². The molecular formula is C44H39Br4F3N12O6. The van der Waals surface area contributed by atoms with Gasteiger partial charge in [0.05, 0.1) is 38.8 Å². The molecule has 6 aromatic heterocycles. The number of aryl methyl sites for hydroxylation is 2. The molecule has 360 valence electrons. The Morgan fingerprint density at radius 1 is 0.667 bits per heavy atom. The van der Waals surface area contributed by atoms with Crippen LogP contribution in [0.4, 0.5) is 24.8 Å². The van der Waals surface area contributed by atoms with Gasteiger partial charge in [0.1, 0.15) is 26.9 Å². The van der Waals surface area contributed by atoms with Crippen LogP contribution in [0.3, 0.4) is 0 Å². The summed E-state index contributed by atoms with van der Waals surface area (Å²) in [6, 6.07) is 14.9. The van der Waals surface area contributed by atoms with Gasteiger partial charge in [0.2, 0.25) is 11.6 Å². The molecule has 8 rings (SSSR count). The SMILES string of the molecule is CCn1cc(Cc2cc(Br)nn2-c2ccc(F)cc2C(C)O)cn1.CCn1cc(Cc2cc(Br)nn2-c2ccc(F)cc2C(C)Oc2cc(Br)cnc2[N+](=O)[O-])cn1.O=[N+]([O-])c1ncc(Br)cc1F. The van der Waals surface area contributed by atoms with Gasteiger partial charge < -0.3 is 30.1 Å². The van der Waals surface area contributed by atoms with Gasteiger partial charge in [-0.05, 0) is 171 Å². The van der Waals surface area contributed by atoms with E-state index >= 15 is 0 Å². The smallest absolute Gasteiger partial charge is 0.406 e. The second-order valence-electron chi connectivity index (χ2n) is 14.8. The zero-order valence-electron chi connectivity index (χ0n) is 36.7. The molecule has 1 N–H and O–H groups in total. The third-order valence-electron chi connectivity index (χ3n) is 9.86. The van der Waals surface area contributed by atoms with Crippen molar-refractivity contribution in [3.63, 3.8) is 0 Å². The first-order chi connectivity index (χ1) is 32.8. The number of aromatic nitrogens is 10. The van der Waals surface area contributed by atoms with Crippen LogP contribution in [0, 0.1) is 37.7 Å². The maximum absolute atomic E-state index is 14.3. The number of nitro groups is 2. The monoisotopic (exact) mass is 1200 g/mol. The van der Waals surface area contributed by atoms with Gasteiger partial charge in [-0.15, -0.1) is 0 Å². The molecule has 0 aliphatic heterocycles. The van der Waals surface area contributed by atoms with Crippen LogP contribution in [0.15, 0.2) is 116 Å². The summed E-state index contributed by atoms with van der Waals surface area (Å²) in [5.41, 5.74) is 6.04. The maximum atomic E-state index is 14.3. The van der Waals surface area contributed by atoms with Crippen LogP contribution in [0.25, 0.3) is 11.4 Å². The number of aliphatic hydroxyl groups excluding tert-OH is 1. The van der Waals surface area contributed by atoms with Gasteiger partial charge >= 0.3 is 11.6 Å². The predicted octanol–water partition coefficient (Wildman–Crippen LogP) is 11.3. The van der Waals surface area contributed by atoms with Crippen LogP contribution in [0.1, 0.15) is 73.5 Å².